The summed E-state index contributed by atoms with van der Waals surface area (Å²) in [6, 6.07) is 36.3. The Balaban J connectivity index is 1.12. The van der Waals surface area contributed by atoms with Gasteiger partial charge in [-0.2, -0.15) is 14.0 Å². The quantitative estimate of drug-likeness (QED) is 0.155. The van der Waals surface area contributed by atoms with Crippen LogP contribution in [-0.2, 0) is 17.3 Å². The first-order valence-electron chi connectivity index (χ1n) is 13.8. The highest BCUT2D eigenvalue weighted by Crippen LogP contribution is 2.30. The lowest BCUT2D eigenvalue weighted by Crippen LogP contribution is -2.00. The van der Waals surface area contributed by atoms with Crippen LogP contribution in [0.2, 0.25) is 0 Å². The molecule has 3 aromatic heterocycles. The van der Waals surface area contributed by atoms with Crippen LogP contribution in [-0.4, -0.2) is 60.6 Å². The van der Waals surface area contributed by atoms with E-state index in [4.69, 9.17) is 0 Å². The zero-order chi connectivity index (χ0) is 30.3. The van der Waals surface area contributed by atoms with Gasteiger partial charge in [-0.25, -0.2) is 0 Å². The molecule has 0 aliphatic rings. The van der Waals surface area contributed by atoms with Crippen molar-refractivity contribution in [1.29, 1.82) is 0 Å². The number of benzene rings is 4. The number of rotatable bonds is 12. The van der Waals surface area contributed by atoms with Crippen LogP contribution in [0.4, 0.5) is 0 Å². The first kappa shape index (κ1) is 28.9. The molecule has 0 unspecified atom stereocenters. The molecule has 0 saturated heterocycles. The minimum atomic E-state index is 0.687. The largest absolute Gasteiger partial charge is 0.214 e. The molecule has 7 rings (SSSR count). The normalized spacial score (nSPS) is 11.2. The average molecular weight is 649 g/mol. The third kappa shape index (κ3) is 6.95. The van der Waals surface area contributed by atoms with Crippen molar-refractivity contribution in [2.24, 2.45) is 0 Å². The summed E-state index contributed by atoms with van der Waals surface area (Å²) in [6.07, 6.45) is 0. The zero-order valence-electron chi connectivity index (χ0n) is 23.6. The molecule has 0 bridgehead atoms. The highest BCUT2D eigenvalue weighted by molar-refractivity contribution is 7.98. The maximum Gasteiger partial charge on any atom is 0.214 e. The van der Waals surface area contributed by atoms with E-state index in [1.807, 2.05) is 91.0 Å². The van der Waals surface area contributed by atoms with E-state index in [1.54, 1.807) is 49.3 Å². The fraction of sp³-hybridized carbons (Fsp3) is 0.100. The minimum absolute atomic E-state index is 0.687. The van der Waals surface area contributed by atoms with E-state index in [2.05, 4.69) is 64.8 Å². The lowest BCUT2D eigenvalue weighted by molar-refractivity contribution is 0.756. The molecule has 222 valence electrons. The molecule has 7 aromatic rings. The minimum Gasteiger partial charge on any atom is -0.188 e. The van der Waals surface area contributed by atoms with Crippen LogP contribution < -0.4 is 0 Å². The predicted molar refractivity (Wildman–Crippen MR) is 173 cm³/mol. The fourth-order valence-electron chi connectivity index (χ4n) is 4.53. The van der Waals surface area contributed by atoms with Crippen LogP contribution in [0.1, 0.15) is 16.7 Å². The van der Waals surface area contributed by atoms with Gasteiger partial charge in [-0.1, -0.05) is 108 Å². The van der Waals surface area contributed by atoms with Crippen LogP contribution in [0.5, 0.6) is 0 Å². The molecule has 15 heteroatoms. The van der Waals surface area contributed by atoms with E-state index in [0.29, 0.717) is 17.3 Å². The average Bonchev–Trinajstić information content (AvgIpc) is 3.88. The van der Waals surface area contributed by atoms with Gasteiger partial charge in [0.05, 0.1) is 17.1 Å². The Bertz CT molecular complexity index is 1740. The van der Waals surface area contributed by atoms with Gasteiger partial charge in [0.25, 0.3) is 0 Å². The molecule has 0 fully saturated rings. The molecule has 3 heterocycles. The summed E-state index contributed by atoms with van der Waals surface area (Å²) < 4.78 is 5.27. The zero-order valence-corrected chi connectivity index (χ0v) is 26.1. The van der Waals surface area contributed by atoms with Gasteiger partial charge in [0, 0.05) is 17.3 Å². The molecular formula is C30H24N12S3. The van der Waals surface area contributed by atoms with Gasteiger partial charge in [0.1, 0.15) is 0 Å². The lowest BCUT2D eigenvalue weighted by atomic mass is 10.1. The van der Waals surface area contributed by atoms with Crippen molar-refractivity contribution >= 4 is 35.3 Å². The molecule has 0 saturated carbocycles. The third-order valence-electron chi connectivity index (χ3n) is 6.54. The molecule has 0 spiro atoms. The first-order chi connectivity index (χ1) is 22.3. The van der Waals surface area contributed by atoms with Gasteiger partial charge in [0.15, 0.2) is 0 Å². The highest BCUT2D eigenvalue weighted by atomic mass is 32.2. The monoisotopic (exact) mass is 648 g/mol. The SMILES string of the molecule is c1ccc(-n2nnnc2SCc2cc(CSc3nnnn3-c3ccccc3)cc(CSc3nnnn3-c3ccccc3)c2)cc1. The van der Waals surface area contributed by atoms with Crippen molar-refractivity contribution in [3.05, 3.63) is 126 Å². The van der Waals surface area contributed by atoms with Crippen molar-refractivity contribution in [3.63, 3.8) is 0 Å². The molecule has 0 radical (unpaired) electrons. The number of hydrogen-bond acceptors (Lipinski definition) is 12. The van der Waals surface area contributed by atoms with E-state index in [9.17, 15) is 0 Å². The van der Waals surface area contributed by atoms with Crippen LogP contribution in [0.25, 0.3) is 17.1 Å². The predicted octanol–water partition coefficient (Wildman–Crippen LogP) is 5.49. The van der Waals surface area contributed by atoms with E-state index in [0.717, 1.165) is 49.2 Å². The molecular weight excluding hydrogens is 625 g/mol. The number of nitrogens with zero attached hydrogens (tertiary/aromatic N) is 12. The second-order valence-corrected chi connectivity index (χ2v) is 12.5. The van der Waals surface area contributed by atoms with E-state index < -0.39 is 0 Å². The summed E-state index contributed by atoms with van der Waals surface area (Å²) in [4.78, 5) is 0. The van der Waals surface area contributed by atoms with Gasteiger partial charge in [-0.15, -0.1) is 15.3 Å². The molecule has 0 aliphatic carbocycles. The van der Waals surface area contributed by atoms with Gasteiger partial charge in [-0.3, -0.25) is 0 Å². The van der Waals surface area contributed by atoms with E-state index in [-0.39, 0.29) is 0 Å². The number of tetrazole rings is 3. The summed E-state index contributed by atoms with van der Waals surface area (Å²) in [7, 11) is 0. The van der Waals surface area contributed by atoms with Crippen LogP contribution in [0.15, 0.2) is 125 Å². The van der Waals surface area contributed by atoms with Gasteiger partial charge in [-0.05, 0) is 84.4 Å². The first-order valence-corrected chi connectivity index (χ1v) is 16.8. The summed E-state index contributed by atoms with van der Waals surface area (Å²) in [5, 5.41) is 39.4. The number of thioether (sulfide) groups is 3. The molecule has 0 aliphatic heterocycles. The fourth-order valence-corrected chi connectivity index (χ4v) is 7.00. The smallest absolute Gasteiger partial charge is 0.188 e. The van der Waals surface area contributed by atoms with Gasteiger partial charge >= 0.3 is 0 Å². The number of aromatic nitrogens is 12. The Morgan fingerprint density at radius 3 is 0.978 bits per heavy atom. The lowest BCUT2D eigenvalue weighted by Gasteiger charge is -2.11. The van der Waals surface area contributed by atoms with Crippen LogP contribution >= 0.6 is 35.3 Å². The van der Waals surface area contributed by atoms with Gasteiger partial charge < -0.3 is 0 Å². The summed E-state index contributed by atoms with van der Waals surface area (Å²) in [6.45, 7) is 0. The second-order valence-electron chi connectivity index (χ2n) is 9.65. The maximum absolute atomic E-state index is 4.28. The number of hydrogen-bond donors (Lipinski definition) is 0. The Morgan fingerprint density at radius 2 is 0.689 bits per heavy atom. The van der Waals surface area contributed by atoms with Crippen LogP contribution in [0, 0.1) is 0 Å². The molecule has 12 nitrogen and oxygen atoms in total. The topological polar surface area (TPSA) is 131 Å². The molecule has 0 N–H and O–H groups in total. The molecule has 0 atom stereocenters. The van der Waals surface area contributed by atoms with Gasteiger partial charge in [0.2, 0.25) is 15.5 Å². The molecule has 4 aromatic carbocycles. The van der Waals surface area contributed by atoms with E-state index in [1.165, 1.54) is 0 Å². The maximum atomic E-state index is 4.28. The Kier molecular flexibility index (Phi) is 8.88. The second kappa shape index (κ2) is 13.8. The van der Waals surface area contributed by atoms with Crippen molar-refractivity contribution in [2.75, 3.05) is 0 Å². The Hall–Kier alpha value is -4.86. The van der Waals surface area contributed by atoms with Crippen molar-refractivity contribution in [2.45, 2.75) is 32.7 Å². The summed E-state index contributed by atoms with van der Waals surface area (Å²) in [5.41, 5.74) is 6.21. The van der Waals surface area contributed by atoms with E-state index >= 15 is 0 Å². The Morgan fingerprint density at radius 1 is 0.400 bits per heavy atom. The van der Waals surface area contributed by atoms with Crippen molar-refractivity contribution < 1.29 is 0 Å². The number of para-hydroxylation sites is 3. The van der Waals surface area contributed by atoms with Crippen molar-refractivity contribution in [1.82, 2.24) is 60.6 Å². The molecule has 0 amide bonds. The third-order valence-corrected chi connectivity index (χ3v) is 9.51. The van der Waals surface area contributed by atoms with Crippen molar-refractivity contribution in [3.8, 4) is 17.1 Å². The summed E-state index contributed by atoms with van der Waals surface area (Å²) >= 11 is 4.77. The Labute approximate surface area is 270 Å². The standard InChI is InChI=1S/C30H24N12S3/c1-4-10-25(11-5-1)40-28(31-34-37-40)43-19-22-16-23(20-44-29-32-35-38-41(29)26-12-6-2-7-13-26)18-24(17-22)21-45-30-33-36-39-42(30)27-14-8-3-9-15-27/h1-18H,19-21H2. The molecule has 45 heavy (non-hydrogen) atoms. The summed E-state index contributed by atoms with van der Waals surface area (Å²) in [5.74, 6) is 2.06. The van der Waals surface area contributed by atoms with Crippen LogP contribution in [0.3, 0.4) is 0 Å². The highest BCUT2D eigenvalue weighted by Gasteiger charge is 2.14.